The smallest absolute Gasteiger partial charge is 0.236 e. The number of piperidine rings is 1. The lowest BCUT2D eigenvalue weighted by molar-refractivity contribution is -0.149. The maximum atomic E-state index is 12.9. The second kappa shape index (κ2) is 7.49. The van der Waals surface area contributed by atoms with Gasteiger partial charge in [-0.15, -0.1) is 11.8 Å². The molecule has 2 aliphatic rings. The van der Waals surface area contributed by atoms with Crippen molar-refractivity contribution in [1.29, 1.82) is 0 Å². The fourth-order valence-electron chi connectivity index (χ4n) is 3.10. The first kappa shape index (κ1) is 15.8. The molecule has 2 heterocycles. The number of likely N-dealkylation sites (tertiary alicyclic amines) is 1. The Hall–Kier alpha value is -1.04. The minimum absolute atomic E-state index is 0.0718. The van der Waals surface area contributed by atoms with Gasteiger partial charge in [-0.05, 0) is 38.3 Å². The molecule has 0 radical (unpaired) electrons. The van der Waals surface area contributed by atoms with Crippen molar-refractivity contribution in [3.63, 3.8) is 0 Å². The van der Waals surface area contributed by atoms with Crippen LogP contribution in [0.3, 0.4) is 0 Å². The van der Waals surface area contributed by atoms with Crippen LogP contribution in [-0.4, -0.2) is 48.1 Å². The van der Waals surface area contributed by atoms with Crippen molar-refractivity contribution in [1.82, 2.24) is 4.90 Å². The quantitative estimate of drug-likeness (QED) is 0.799. The fourth-order valence-corrected chi connectivity index (χ4v) is 4.06. The van der Waals surface area contributed by atoms with Crippen LogP contribution in [0, 0.1) is 0 Å². The second-order valence-electron chi connectivity index (χ2n) is 5.78. The first-order valence-corrected chi connectivity index (χ1v) is 8.89. The molecule has 0 spiro atoms. The van der Waals surface area contributed by atoms with Crippen molar-refractivity contribution in [2.45, 2.75) is 48.7 Å². The molecule has 0 saturated carbocycles. The Morgan fingerprint density at radius 3 is 2.68 bits per heavy atom. The molecule has 0 aromatic heterocycles. The SMILES string of the molecule is CC(Sc1ccccc1)C(=O)N1CCCCC1C1OCCO1. The van der Waals surface area contributed by atoms with Crippen molar-refractivity contribution in [3.8, 4) is 0 Å². The van der Waals surface area contributed by atoms with Crippen LogP contribution in [0.2, 0.25) is 0 Å². The van der Waals surface area contributed by atoms with Crippen molar-refractivity contribution >= 4 is 17.7 Å². The number of ether oxygens (including phenoxy) is 2. The topological polar surface area (TPSA) is 38.8 Å². The summed E-state index contributed by atoms with van der Waals surface area (Å²) in [5.41, 5.74) is 0. The van der Waals surface area contributed by atoms with E-state index in [4.69, 9.17) is 9.47 Å². The van der Waals surface area contributed by atoms with E-state index in [-0.39, 0.29) is 23.5 Å². The van der Waals surface area contributed by atoms with E-state index in [2.05, 4.69) is 0 Å². The van der Waals surface area contributed by atoms with Crippen LogP contribution in [0.1, 0.15) is 26.2 Å². The molecule has 0 bridgehead atoms. The minimum atomic E-state index is -0.238. The van der Waals surface area contributed by atoms with Gasteiger partial charge in [0.05, 0.1) is 24.5 Å². The van der Waals surface area contributed by atoms with Crippen LogP contribution in [-0.2, 0) is 14.3 Å². The predicted molar refractivity (Wildman–Crippen MR) is 86.8 cm³/mol. The van der Waals surface area contributed by atoms with Gasteiger partial charge >= 0.3 is 0 Å². The summed E-state index contributed by atoms with van der Waals surface area (Å²) < 4.78 is 11.3. The third kappa shape index (κ3) is 3.65. The Bertz CT molecular complexity index is 490. The lowest BCUT2D eigenvalue weighted by Gasteiger charge is -2.39. The van der Waals surface area contributed by atoms with Crippen LogP contribution in [0.25, 0.3) is 0 Å². The van der Waals surface area contributed by atoms with Crippen LogP contribution >= 0.6 is 11.8 Å². The number of carbonyl (C=O) groups is 1. The molecule has 2 saturated heterocycles. The Labute approximate surface area is 136 Å². The number of carbonyl (C=O) groups excluding carboxylic acids is 1. The molecule has 3 rings (SSSR count). The molecule has 2 atom stereocenters. The molecule has 5 heteroatoms. The Kier molecular flexibility index (Phi) is 5.39. The van der Waals surface area contributed by atoms with Gasteiger partial charge in [0.2, 0.25) is 5.91 Å². The zero-order chi connectivity index (χ0) is 15.4. The predicted octanol–water partition coefficient (Wildman–Crippen LogP) is 2.92. The van der Waals surface area contributed by atoms with Crippen LogP contribution < -0.4 is 0 Å². The number of hydrogen-bond donors (Lipinski definition) is 0. The van der Waals surface area contributed by atoms with E-state index < -0.39 is 0 Å². The van der Waals surface area contributed by atoms with Crippen LogP contribution in [0.4, 0.5) is 0 Å². The molecule has 1 amide bonds. The number of nitrogens with zero attached hydrogens (tertiary/aromatic N) is 1. The Morgan fingerprint density at radius 1 is 1.23 bits per heavy atom. The van der Waals surface area contributed by atoms with E-state index in [9.17, 15) is 4.79 Å². The highest BCUT2D eigenvalue weighted by atomic mass is 32.2. The second-order valence-corrected chi connectivity index (χ2v) is 7.19. The lowest BCUT2D eigenvalue weighted by Crippen LogP contribution is -2.52. The van der Waals surface area contributed by atoms with Gasteiger partial charge in [-0.25, -0.2) is 0 Å². The van der Waals surface area contributed by atoms with E-state index in [0.717, 1.165) is 30.7 Å². The first-order valence-electron chi connectivity index (χ1n) is 8.01. The maximum Gasteiger partial charge on any atom is 0.236 e. The van der Waals surface area contributed by atoms with Crippen molar-refractivity contribution in [3.05, 3.63) is 30.3 Å². The summed E-state index contributed by atoms with van der Waals surface area (Å²) in [4.78, 5) is 16.0. The molecule has 0 N–H and O–H groups in total. The van der Waals surface area contributed by atoms with Gasteiger partial charge in [0.1, 0.15) is 0 Å². The number of thioether (sulfide) groups is 1. The molecule has 22 heavy (non-hydrogen) atoms. The summed E-state index contributed by atoms with van der Waals surface area (Å²) in [6.07, 6.45) is 2.94. The molecule has 2 unspecified atom stereocenters. The van der Waals surface area contributed by atoms with E-state index in [1.807, 2.05) is 42.2 Å². The highest BCUT2D eigenvalue weighted by Gasteiger charge is 2.37. The lowest BCUT2D eigenvalue weighted by atomic mass is 10.0. The summed E-state index contributed by atoms with van der Waals surface area (Å²) in [5, 5.41) is -0.0931. The van der Waals surface area contributed by atoms with Gasteiger partial charge in [0.25, 0.3) is 0 Å². The van der Waals surface area contributed by atoms with Gasteiger partial charge in [-0.1, -0.05) is 18.2 Å². The van der Waals surface area contributed by atoms with Gasteiger partial charge in [0, 0.05) is 11.4 Å². The van der Waals surface area contributed by atoms with Gasteiger partial charge in [-0.2, -0.15) is 0 Å². The molecule has 120 valence electrons. The van der Waals surface area contributed by atoms with E-state index in [1.54, 1.807) is 11.8 Å². The monoisotopic (exact) mass is 321 g/mol. The first-order chi connectivity index (χ1) is 10.8. The van der Waals surface area contributed by atoms with Gasteiger partial charge in [-0.3, -0.25) is 4.79 Å². The zero-order valence-electron chi connectivity index (χ0n) is 12.9. The highest BCUT2D eigenvalue weighted by Crippen LogP contribution is 2.29. The van der Waals surface area contributed by atoms with Crippen LogP contribution in [0.15, 0.2) is 35.2 Å². The third-order valence-electron chi connectivity index (χ3n) is 4.20. The summed E-state index contributed by atoms with van der Waals surface area (Å²) in [6.45, 7) is 4.07. The molecule has 1 aromatic rings. The highest BCUT2D eigenvalue weighted by molar-refractivity contribution is 8.00. The fraction of sp³-hybridized carbons (Fsp3) is 0.588. The van der Waals surface area contributed by atoms with Crippen LogP contribution in [0.5, 0.6) is 0 Å². The molecule has 2 fully saturated rings. The molecular weight excluding hydrogens is 298 g/mol. The number of rotatable bonds is 4. The average molecular weight is 321 g/mol. The molecule has 4 nitrogen and oxygen atoms in total. The molecule has 0 aliphatic carbocycles. The number of benzene rings is 1. The van der Waals surface area contributed by atoms with E-state index in [1.165, 1.54) is 0 Å². The summed E-state index contributed by atoms with van der Waals surface area (Å²) in [6, 6.07) is 10.2. The Balaban J connectivity index is 1.65. The van der Waals surface area contributed by atoms with E-state index >= 15 is 0 Å². The Morgan fingerprint density at radius 2 is 1.95 bits per heavy atom. The molecular formula is C17H23NO3S. The summed E-state index contributed by atoms with van der Waals surface area (Å²) in [5.74, 6) is 0.192. The third-order valence-corrected chi connectivity index (χ3v) is 5.30. The van der Waals surface area contributed by atoms with Crippen molar-refractivity contribution in [2.75, 3.05) is 19.8 Å². The molecule has 1 aromatic carbocycles. The van der Waals surface area contributed by atoms with Crippen molar-refractivity contribution < 1.29 is 14.3 Å². The normalized spacial score (nSPS) is 24.4. The largest absolute Gasteiger partial charge is 0.348 e. The van der Waals surface area contributed by atoms with Gasteiger partial charge in [0.15, 0.2) is 6.29 Å². The summed E-state index contributed by atoms with van der Waals surface area (Å²) in [7, 11) is 0. The number of amides is 1. The summed E-state index contributed by atoms with van der Waals surface area (Å²) >= 11 is 1.62. The average Bonchev–Trinajstić information content (AvgIpc) is 3.09. The standard InChI is InChI=1S/C17H23NO3S/c1-13(22-14-7-3-2-4-8-14)16(19)18-10-6-5-9-15(18)17-20-11-12-21-17/h2-4,7-8,13,15,17H,5-6,9-12H2,1H3. The maximum absolute atomic E-state index is 12.9. The van der Waals surface area contributed by atoms with Gasteiger partial charge < -0.3 is 14.4 Å². The zero-order valence-corrected chi connectivity index (χ0v) is 13.8. The van der Waals surface area contributed by atoms with E-state index in [0.29, 0.717) is 13.2 Å². The van der Waals surface area contributed by atoms with Crippen molar-refractivity contribution in [2.24, 2.45) is 0 Å². The number of hydrogen-bond acceptors (Lipinski definition) is 4. The minimum Gasteiger partial charge on any atom is -0.348 e. The molecule has 2 aliphatic heterocycles.